The van der Waals surface area contributed by atoms with Gasteiger partial charge in [0.15, 0.2) is 18.9 Å². The number of hydrogen-bond acceptors (Lipinski definition) is 13. The summed E-state index contributed by atoms with van der Waals surface area (Å²) in [6.45, 7) is 0.725. The van der Waals surface area contributed by atoms with Gasteiger partial charge in [-0.25, -0.2) is 4.79 Å². The van der Waals surface area contributed by atoms with E-state index in [2.05, 4.69) is 5.32 Å². The standard InChI is InChI=1S/C35H37ClINO13/c1-17(39)38-23-13-18(11-12-21(23)36)14-46-34-28(42)26(40)31(24(48-34)15-45-32(44)20-9-5-6-10-22(20)37)51-35-29(43)27(41)30-25(49-35)16-47-33(50-30)19-7-3-2-4-8-19/h2-13,24-31,33-35,40-43H,14-16H2,1H3,(H,38,39)/t24-,25-,26-,27-,28-,29-,30-,31-,33?,34-,35-/m1/s1. The normalized spacial score (nSPS) is 32.1. The van der Waals surface area contributed by atoms with Crippen molar-refractivity contribution in [1.82, 2.24) is 0 Å². The third kappa shape index (κ3) is 8.89. The molecule has 0 radical (unpaired) electrons. The van der Waals surface area contributed by atoms with Gasteiger partial charge in [0.05, 0.1) is 29.5 Å². The first kappa shape index (κ1) is 38.0. The van der Waals surface area contributed by atoms with Crippen LogP contribution >= 0.6 is 34.2 Å². The Labute approximate surface area is 311 Å². The average molecular weight is 842 g/mol. The summed E-state index contributed by atoms with van der Waals surface area (Å²) < 4.78 is 41.9. The minimum Gasteiger partial charge on any atom is -0.459 e. The van der Waals surface area contributed by atoms with Gasteiger partial charge in [0.2, 0.25) is 5.91 Å². The lowest BCUT2D eigenvalue weighted by atomic mass is 9.96. The summed E-state index contributed by atoms with van der Waals surface area (Å²) in [6, 6.07) is 20.7. The summed E-state index contributed by atoms with van der Waals surface area (Å²) in [5.74, 6) is -1.00. The first-order valence-corrected chi connectivity index (χ1v) is 17.6. The number of ether oxygens (including phenoxy) is 7. The Kier molecular flexibility index (Phi) is 12.6. The van der Waals surface area contributed by atoms with Crippen LogP contribution in [-0.2, 0) is 44.6 Å². The lowest BCUT2D eigenvalue weighted by Gasteiger charge is -2.48. The topological polar surface area (TPSA) is 192 Å². The van der Waals surface area contributed by atoms with E-state index in [1.165, 1.54) is 6.92 Å². The van der Waals surface area contributed by atoms with Crippen LogP contribution in [0.5, 0.6) is 0 Å². The van der Waals surface area contributed by atoms with Crippen LogP contribution in [0.3, 0.4) is 0 Å². The van der Waals surface area contributed by atoms with Gasteiger partial charge < -0.3 is 58.9 Å². The Bertz CT molecular complexity index is 1670. The highest BCUT2D eigenvalue weighted by molar-refractivity contribution is 14.1. The Morgan fingerprint density at radius 3 is 2.37 bits per heavy atom. The highest BCUT2D eigenvalue weighted by atomic mass is 127. The lowest BCUT2D eigenvalue weighted by molar-refractivity contribution is -0.386. The van der Waals surface area contributed by atoms with Crippen LogP contribution in [0.4, 0.5) is 5.69 Å². The highest BCUT2D eigenvalue weighted by Crippen LogP contribution is 2.36. The van der Waals surface area contributed by atoms with E-state index in [0.717, 1.165) is 5.56 Å². The fourth-order valence-corrected chi connectivity index (χ4v) is 6.73. The predicted octanol–water partition coefficient (Wildman–Crippen LogP) is 2.67. The van der Waals surface area contributed by atoms with E-state index < -0.39 is 80.3 Å². The van der Waals surface area contributed by atoms with E-state index in [4.69, 9.17) is 44.8 Å². The van der Waals surface area contributed by atoms with Gasteiger partial charge in [0.25, 0.3) is 0 Å². The third-order valence-electron chi connectivity index (χ3n) is 8.57. The SMILES string of the molecule is CC(=O)Nc1cc(CO[C@@H]2O[C@H](COC(=O)c3ccccc3I)[C@@H](O[C@H]3O[C@@H]4COC(c5ccccc5)O[C@H]4[C@H](O)[C@H]3O)[C@H](O)[C@H]2O)ccc1Cl. The zero-order chi connectivity index (χ0) is 36.2. The number of rotatable bonds is 10. The summed E-state index contributed by atoms with van der Waals surface area (Å²) in [5, 5.41) is 47.6. The van der Waals surface area contributed by atoms with Crippen LogP contribution in [0.15, 0.2) is 72.8 Å². The number of carbonyl (C=O) groups excluding carboxylic acids is 2. The largest absolute Gasteiger partial charge is 0.459 e. The van der Waals surface area contributed by atoms with Gasteiger partial charge in [-0.05, 0) is 52.4 Å². The molecule has 3 heterocycles. The van der Waals surface area contributed by atoms with E-state index >= 15 is 0 Å². The van der Waals surface area contributed by atoms with Crippen molar-refractivity contribution >= 4 is 51.8 Å². The summed E-state index contributed by atoms with van der Waals surface area (Å²) in [4.78, 5) is 24.6. The maximum Gasteiger partial charge on any atom is 0.339 e. The molecule has 3 aromatic rings. The maximum absolute atomic E-state index is 13.0. The Morgan fingerprint density at radius 1 is 0.902 bits per heavy atom. The van der Waals surface area contributed by atoms with Crippen LogP contribution in [0.2, 0.25) is 5.02 Å². The number of aliphatic hydroxyl groups is 4. The molecule has 1 amide bonds. The number of amides is 1. The summed E-state index contributed by atoms with van der Waals surface area (Å²) in [5.41, 5.74) is 1.92. The van der Waals surface area contributed by atoms with E-state index in [-0.39, 0.29) is 19.1 Å². The molecule has 0 saturated carbocycles. The molecule has 274 valence electrons. The smallest absolute Gasteiger partial charge is 0.339 e. The second-order valence-corrected chi connectivity index (χ2v) is 13.8. The first-order valence-electron chi connectivity index (χ1n) is 16.1. The molecule has 0 spiro atoms. The number of nitrogens with one attached hydrogen (secondary N) is 1. The molecule has 5 N–H and O–H groups in total. The number of esters is 1. The number of carbonyl (C=O) groups is 2. The molecule has 0 bridgehead atoms. The predicted molar refractivity (Wildman–Crippen MR) is 186 cm³/mol. The highest BCUT2D eigenvalue weighted by Gasteiger charge is 2.53. The van der Waals surface area contributed by atoms with Gasteiger partial charge in [-0.3, -0.25) is 4.79 Å². The number of anilines is 1. The molecule has 0 aromatic heterocycles. The van der Waals surface area contributed by atoms with Gasteiger partial charge in [-0.15, -0.1) is 0 Å². The number of aliphatic hydroxyl groups excluding tert-OH is 4. The lowest BCUT2D eigenvalue weighted by Crippen LogP contribution is -2.66. The Balaban J connectivity index is 1.17. The molecule has 16 heteroatoms. The molecular weight excluding hydrogens is 805 g/mol. The molecular formula is C35H37ClINO13. The van der Waals surface area contributed by atoms with E-state index in [9.17, 15) is 30.0 Å². The van der Waals surface area contributed by atoms with Gasteiger partial charge in [0.1, 0.15) is 55.4 Å². The molecule has 11 atom stereocenters. The van der Waals surface area contributed by atoms with Crippen molar-refractivity contribution < 1.29 is 63.2 Å². The van der Waals surface area contributed by atoms with Crippen LogP contribution in [-0.4, -0.2) is 107 Å². The third-order valence-corrected chi connectivity index (χ3v) is 9.84. The molecule has 3 fully saturated rings. The van der Waals surface area contributed by atoms with E-state index in [0.29, 0.717) is 25.4 Å². The zero-order valence-corrected chi connectivity index (χ0v) is 30.0. The van der Waals surface area contributed by atoms with Gasteiger partial charge in [-0.1, -0.05) is 60.1 Å². The van der Waals surface area contributed by atoms with Gasteiger partial charge in [0, 0.05) is 16.1 Å². The van der Waals surface area contributed by atoms with Crippen LogP contribution in [0.1, 0.15) is 34.7 Å². The van der Waals surface area contributed by atoms with Crippen LogP contribution < -0.4 is 5.32 Å². The van der Waals surface area contributed by atoms with Crippen molar-refractivity contribution in [3.63, 3.8) is 0 Å². The summed E-state index contributed by atoms with van der Waals surface area (Å²) in [6.07, 6.45) is -14.9. The zero-order valence-electron chi connectivity index (χ0n) is 27.1. The molecule has 3 aliphatic heterocycles. The number of hydrogen-bond donors (Lipinski definition) is 5. The first-order chi connectivity index (χ1) is 24.5. The fourth-order valence-electron chi connectivity index (χ4n) is 5.96. The molecule has 6 rings (SSSR count). The van der Waals surface area contributed by atoms with Crippen LogP contribution in [0, 0.1) is 3.57 Å². The molecule has 14 nitrogen and oxygen atoms in total. The number of halogens is 2. The van der Waals surface area contributed by atoms with Gasteiger partial charge in [-0.2, -0.15) is 0 Å². The van der Waals surface area contributed by atoms with Crippen molar-refractivity contribution in [2.45, 2.75) is 81.2 Å². The number of benzene rings is 3. The maximum atomic E-state index is 13.0. The monoisotopic (exact) mass is 841 g/mol. The number of fused-ring (bicyclic) bond motifs is 1. The Morgan fingerprint density at radius 2 is 1.63 bits per heavy atom. The minimum atomic E-state index is -1.71. The second-order valence-electron chi connectivity index (χ2n) is 12.2. The van der Waals surface area contributed by atoms with E-state index in [1.54, 1.807) is 54.6 Å². The molecule has 0 aliphatic carbocycles. The molecule has 51 heavy (non-hydrogen) atoms. The molecule has 3 saturated heterocycles. The molecule has 1 unspecified atom stereocenters. The quantitative estimate of drug-likeness (QED) is 0.148. The summed E-state index contributed by atoms with van der Waals surface area (Å²) in [7, 11) is 0. The van der Waals surface area contributed by atoms with Crippen molar-refractivity contribution in [1.29, 1.82) is 0 Å². The Hall–Kier alpha value is -2.78. The van der Waals surface area contributed by atoms with Crippen molar-refractivity contribution in [2.24, 2.45) is 0 Å². The molecule has 3 aliphatic rings. The second kappa shape index (κ2) is 16.9. The van der Waals surface area contributed by atoms with Gasteiger partial charge >= 0.3 is 5.97 Å². The van der Waals surface area contributed by atoms with Crippen molar-refractivity contribution in [2.75, 3.05) is 18.5 Å². The minimum absolute atomic E-state index is 0.0127. The van der Waals surface area contributed by atoms with Crippen molar-refractivity contribution in [3.05, 3.63) is 98.1 Å². The molecule has 3 aromatic carbocycles. The van der Waals surface area contributed by atoms with E-state index in [1.807, 2.05) is 40.8 Å². The van der Waals surface area contributed by atoms with Crippen molar-refractivity contribution in [3.8, 4) is 0 Å². The summed E-state index contributed by atoms with van der Waals surface area (Å²) >= 11 is 8.18. The van der Waals surface area contributed by atoms with Crippen LogP contribution in [0.25, 0.3) is 0 Å². The fraction of sp³-hybridized carbons (Fsp3) is 0.429. The average Bonchev–Trinajstić information content (AvgIpc) is 3.12.